The Hall–Kier alpha value is -3.87. The minimum absolute atomic E-state index is 0.0211. The lowest BCUT2D eigenvalue weighted by Crippen LogP contribution is -2.62. The van der Waals surface area contributed by atoms with Crippen LogP contribution in [0.15, 0.2) is 69.3 Å². The van der Waals surface area contributed by atoms with E-state index in [0.717, 1.165) is 12.0 Å². The molecule has 0 saturated carbocycles. The van der Waals surface area contributed by atoms with Crippen molar-refractivity contribution in [3.8, 4) is 5.75 Å². The Morgan fingerprint density at radius 3 is 2.59 bits per heavy atom. The summed E-state index contributed by atoms with van der Waals surface area (Å²) < 4.78 is 31.6. The fourth-order valence-corrected chi connectivity index (χ4v) is 6.98. The van der Waals surface area contributed by atoms with Gasteiger partial charge in [0.2, 0.25) is 5.91 Å². The standard InChI is InChI=1S/C33H41ClN6O5S/c1-21(2)46(43,44)30-12-8-6-11-27(30)36-26-10-7-9-13-31(35-16-25(26)34)37-28-15-24-22(14-29(28)45-5)17-40(33(24)42)23-18-39(19-23)32(41)20-38(3)4/h6,8,10-12,14-16,21,23,36H,7,9,13,17-20H2,1-5H3,(H,35,37)/b25-16+,26-10-. The zero-order valence-electron chi connectivity index (χ0n) is 26.8. The third-order valence-corrected chi connectivity index (χ3v) is 10.8. The maximum atomic E-state index is 13.5. The van der Waals surface area contributed by atoms with Crippen LogP contribution in [0.4, 0.5) is 11.4 Å². The van der Waals surface area contributed by atoms with Crippen molar-refractivity contribution in [3.05, 3.63) is 70.5 Å². The number of nitrogens with zero attached hydrogens (tertiary/aromatic N) is 4. The van der Waals surface area contributed by atoms with Crippen LogP contribution in [-0.2, 0) is 21.2 Å². The number of halogens is 1. The van der Waals surface area contributed by atoms with Gasteiger partial charge < -0.3 is 30.1 Å². The quantitative estimate of drug-likeness (QED) is 0.395. The average molecular weight is 669 g/mol. The number of anilines is 2. The topological polar surface area (TPSA) is 124 Å². The number of ether oxygens (including phenoxy) is 1. The third kappa shape index (κ3) is 7.08. The van der Waals surface area contributed by atoms with E-state index in [1.165, 1.54) is 6.20 Å². The first-order valence-corrected chi connectivity index (χ1v) is 17.3. The Balaban J connectivity index is 1.31. The van der Waals surface area contributed by atoms with Crippen molar-refractivity contribution in [1.82, 2.24) is 14.7 Å². The number of para-hydroxylation sites is 1. The summed E-state index contributed by atoms with van der Waals surface area (Å²) >= 11 is 6.70. The molecule has 3 aliphatic rings. The van der Waals surface area contributed by atoms with Gasteiger partial charge in [-0.1, -0.05) is 29.8 Å². The van der Waals surface area contributed by atoms with Crippen molar-refractivity contribution < 1.29 is 22.7 Å². The first kappa shape index (κ1) is 33.5. The van der Waals surface area contributed by atoms with Gasteiger partial charge >= 0.3 is 0 Å². The molecule has 0 aromatic heterocycles. The predicted molar refractivity (Wildman–Crippen MR) is 181 cm³/mol. The van der Waals surface area contributed by atoms with E-state index >= 15 is 0 Å². The van der Waals surface area contributed by atoms with E-state index in [1.807, 2.05) is 42.1 Å². The van der Waals surface area contributed by atoms with Gasteiger partial charge in [-0.15, -0.1) is 0 Å². The van der Waals surface area contributed by atoms with Crippen molar-refractivity contribution in [1.29, 1.82) is 0 Å². The van der Waals surface area contributed by atoms with Crippen LogP contribution in [0, 0.1) is 0 Å². The number of fused-ring (bicyclic) bond motifs is 1. The molecule has 2 aromatic rings. The van der Waals surface area contributed by atoms with Gasteiger partial charge in [0.1, 0.15) is 11.6 Å². The first-order chi connectivity index (χ1) is 21.9. The van der Waals surface area contributed by atoms with Gasteiger partial charge in [0, 0.05) is 37.8 Å². The van der Waals surface area contributed by atoms with Crippen LogP contribution in [0.5, 0.6) is 5.75 Å². The van der Waals surface area contributed by atoms with Gasteiger partial charge in [-0.2, -0.15) is 0 Å². The van der Waals surface area contributed by atoms with Crippen LogP contribution in [0.1, 0.15) is 49.0 Å². The summed E-state index contributed by atoms with van der Waals surface area (Å²) in [6.07, 6.45) is 5.47. The molecule has 13 heteroatoms. The number of hydrogen-bond donors (Lipinski definition) is 2. The number of sulfone groups is 1. The van der Waals surface area contributed by atoms with Crippen LogP contribution in [0.3, 0.4) is 0 Å². The van der Waals surface area contributed by atoms with E-state index in [9.17, 15) is 18.0 Å². The van der Waals surface area contributed by atoms with E-state index in [1.54, 1.807) is 50.1 Å². The van der Waals surface area contributed by atoms with Gasteiger partial charge in [0.05, 0.1) is 51.9 Å². The molecule has 11 nitrogen and oxygen atoms in total. The molecule has 2 aromatic carbocycles. The van der Waals surface area contributed by atoms with E-state index in [4.69, 9.17) is 16.3 Å². The molecule has 2 N–H and O–H groups in total. The second-order valence-electron chi connectivity index (χ2n) is 12.2. The monoisotopic (exact) mass is 668 g/mol. The minimum atomic E-state index is -3.52. The number of carbonyl (C=O) groups excluding carboxylic acids is 2. The number of nitrogens with one attached hydrogen (secondary N) is 2. The lowest BCUT2D eigenvalue weighted by atomic mass is 10.1. The average Bonchev–Trinajstić information content (AvgIpc) is 3.32. The number of benzene rings is 2. The molecular weight excluding hydrogens is 628 g/mol. The highest BCUT2D eigenvalue weighted by atomic mass is 35.5. The fraction of sp³-hybridized carbons (Fsp3) is 0.424. The van der Waals surface area contributed by atoms with Gasteiger partial charge in [-0.05, 0) is 70.6 Å². The molecule has 246 valence electrons. The van der Waals surface area contributed by atoms with Crippen molar-refractivity contribution in [2.75, 3.05) is 51.5 Å². The number of rotatable bonds is 9. The van der Waals surface area contributed by atoms with E-state index < -0.39 is 15.1 Å². The highest BCUT2D eigenvalue weighted by molar-refractivity contribution is 7.92. The normalized spacial score (nSPS) is 19.7. The number of hydrogen-bond acceptors (Lipinski definition) is 9. The van der Waals surface area contributed by atoms with Crippen molar-refractivity contribution in [3.63, 3.8) is 0 Å². The molecule has 1 saturated heterocycles. The largest absolute Gasteiger partial charge is 0.495 e. The summed E-state index contributed by atoms with van der Waals surface area (Å²) in [5.74, 6) is 1.23. The Labute approximate surface area is 275 Å². The molecule has 0 aliphatic carbocycles. The second-order valence-corrected chi connectivity index (χ2v) is 15.1. The number of allylic oxidation sites excluding steroid dienone is 2. The number of amidine groups is 1. The Kier molecular flexibility index (Phi) is 10.1. The summed E-state index contributed by atoms with van der Waals surface area (Å²) in [5.41, 5.74) is 3.12. The summed E-state index contributed by atoms with van der Waals surface area (Å²) in [5, 5.41) is 6.32. The molecule has 0 radical (unpaired) electrons. The molecule has 0 spiro atoms. The Bertz CT molecular complexity index is 1710. The van der Waals surface area contributed by atoms with Crippen molar-refractivity contribution >= 4 is 50.5 Å². The number of likely N-dealkylation sites (N-methyl/N-ethyl adjacent to an activating group) is 1. The van der Waals surface area contributed by atoms with E-state index in [-0.39, 0.29) is 22.8 Å². The molecule has 3 heterocycles. The van der Waals surface area contributed by atoms with Crippen LogP contribution in [0.25, 0.3) is 0 Å². The van der Waals surface area contributed by atoms with Crippen molar-refractivity contribution in [2.24, 2.45) is 4.99 Å². The number of amides is 2. The number of aliphatic imine (C=N–C) groups is 1. The lowest BCUT2D eigenvalue weighted by Gasteiger charge is -2.44. The van der Waals surface area contributed by atoms with Gasteiger partial charge in [0.15, 0.2) is 9.84 Å². The molecule has 0 atom stereocenters. The lowest BCUT2D eigenvalue weighted by molar-refractivity contribution is -0.138. The maximum Gasteiger partial charge on any atom is 0.254 e. The van der Waals surface area contributed by atoms with Crippen LogP contribution in [0.2, 0.25) is 0 Å². The van der Waals surface area contributed by atoms with Gasteiger partial charge in [-0.3, -0.25) is 9.59 Å². The predicted octanol–water partition coefficient (Wildman–Crippen LogP) is 4.68. The molecule has 5 rings (SSSR count). The van der Waals surface area contributed by atoms with E-state index in [0.29, 0.717) is 78.3 Å². The van der Waals surface area contributed by atoms with Crippen molar-refractivity contribution in [2.45, 2.75) is 55.8 Å². The van der Waals surface area contributed by atoms with Gasteiger partial charge in [-0.25, -0.2) is 13.4 Å². The molecule has 2 amide bonds. The summed E-state index contributed by atoms with van der Waals surface area (Å²) in [4.78, 5) is 36.1. The summed E-state index contributed by atoms with van der Waals surface area (Å²) in [6.45, 7) is 5.18. The van der Waals surface area contributed by atoms with Gasteiger partial charge in [0.25, 0.3) is 5.91 Å². The van der Waals surface area contributed by atoms with E-state index in [2.05, 4.69) is 15.6 Å². The van der Waals surface area contributed by atoms with Crippen LogP contribution in [-0.4, -0.2) is 92.9 Å². The second kappa shape index (κ2) is 13.9. The SMILES string of the molecule is COc1cc2c(cc1NC1=N/C=C(Cl)\C(Nc3ccccc3S(=O)(=O)C(C)C)=C\CCC1)C(=O)N(C1CN(C(=O)CN(C)C)C1)C2. The zero-order chi connectivity index (χ0) is 33.2. The van der Waals surface area contributed by atoms with Crippen LogP contribution >= 0.6 is 11.6 Å². The molecule has 0 unspecified atom stereocenters. The summed E-state index contributed by atoms with van der Waals surface area (Å²) in [6, 6.07) is 10.5. The molecule has 46 heavy (non-hydrogen) atoms. The number of methoxy groups -OCH3 is 1. The zero-order valence-corrected chi connectivity index (χ0v) is 28.4. The highest BCUT2D eigenvalue weighted by Gasteiger charge is 2.41. The third-order valence-electron chi connectivity index (χ3n) is 8.28. The smallest absolute Gasteiger partial charge is 0.254 e. The number of likely N-dealkylation sites (tertiary alicyclic amines) is 1. The maximum absolute atomic E-state index is 13.5. The number of carbonyl (C=O) groups is 2. The van der Waals surface area contributed by atoms with Crippen LogP contribution < -0.4 is 15.4 Å². The molecular formula is C33H41ClN6O5S. The fourth-order valence-electron chi connectivity index (χ4n) is 5.61. The molecule has 1 fully saturated rings. The molecule has 0 bridgehead atoms. The molecule has 3 aliphatic heterocycles. The Morgan fingerprint density at radius 1 is 1.15 bits per heavy atom. The summed E-state index contributed by atoms with van der Waals surface area (Å²) in [7, 11) is 1.79. The minimum Gasteiger partial charge on any atom is -0.495 e. The highest BCUT2D eigenvalue weighted by Crippen LogP contribution is 2.36. The first-order valence-electron chi connectivity index (χ1n) is 15.3. The Morgan fingerprint density at radius 2 is 1.89 bits per heavy atom.